The largest absolute Gasteiger partial charge is 0.455 e. The second-order valence-corrected chi connectivity index (χ2v) is 20.0. The van der Waals surface area contributed by atoms with Crippen molar-refractivity contribution in [1.82, 2.24) is 39.0 Å². The van der Waals surface area contributed by atoms with Crippen molar-refractivity contribution in [2.45, 2.75) is 0 Å². The number of para-hydroxylation sites is 3. The van der Waals surface area contributed by atoms with E-state index in [1.165, 1.54) is 20.2 Å². The minimum Gasteiger partial charge on any atom is -0.455 e. The quantitative estimate of drug-likeness (QED) is 0.157. The average Bonchev–Trinajstić information content (AvgIpc) is 4.33. The Morgan fingerprint density at radius 3 is 1.37 bits per heavy atom. The molecule has 9 nitrogen and oxygen atoms in total. The molecule has 0 bridgehead atoms. The van der Waals surface area contributed by atoms with Crippen LogP contribution in [0, 0.1) is 0 Å². The lowest BCUT2D eigenvalue weighted by Crippen LogP contribution is -2.06. The van der Waals surface area contributed by atoms with Crippen LogP contribution in [0.1, 0.15) is 0 Å². The summed E-state index contributed by atoms with van der Waals surface area (Å²) in [5.74, 6) is 3.48. The number of benzene rings is 10. The number of nitrogens with zero attached hydrogens (tertiary/aromatic N) is 8. The molecule has 0 radical (unpaired) electrons. The molecular formula is C66H38N8OS. The number of furan rings is 1. The third kappa shape index (κ3) is 6.51. The zero-order valence-corrected chi connectivity index (χ0v) is 41.2. The van der Waals surface area contributed by atoms with Crippen molar-refractivity contribution in [3.8, 4) is 68.6 Å². The first-order valence-electron chi connectivity index (χ1n) is 25.2. The highest BCUT2D eigenvalue weighted by Crippen LogP contribution is 2.47. The maximum Gasteiger partial charge on any atom is 0.238 e. The monoisotopic (exact) mass is 990 g/mol. The number of hydrogen-bond acceptors (Lipinski definition) is 8. The minimum atomic E-state index is 0.524. The summed E-state index contributed by atoms with van der Waals surface area (Å²) in [6.07, 6.45) is 0. The maximum absolute atomic E-state index is 6.64. The molecule has 76 heavy (non-hydrogen) atoms. The van der Waals surface area contributed by atoms with Gasteiger partial charge in [-0.05, 0) is 53.6 Å². The third-order valence-electron chi connectivity index (χ3n) is 14.7. The van der Waals surface area contributed by atoms with Gasteiger partial charge in [0.1, 0.15) is 11.2 Å². The Balaban J connectivity index is 0.870. The lowest BCUT2D eigenvalue weighted by atomic mass is 10.00. The normalized spacial score (nSPS) is 11.9. The Labute approximate surface area is 437 Å². The zero-order valence-electron chi connectivity index (χ0n) is 40.3. The second-order valence-electron chi connectivity index (χ2n) is 19.0. The Morgan fingerprint density at radius 2 is 0.750 bits per heavy atom. The molecule has 0 saturated heterocycles. The number of thiophene rings is 1. The summed E-state index contributed by atoms with van der Waals surface area (Å²) < 4.78 is 13.4. The summed E-state index contributed by atoms with van der Waals surface area (Å²) in [6, 6.07) is 79.7. The van der Waals surface area contributed by atoms with Crippen LogP contribution in [-0.4, -0.2) is 39.0 Å². The molecule has 354 valence electrons. The molecule has 0 atom stereocenters. The van der Waals surface area contributed by atoms with Crippen molar-refractivity contribution in [1.29, 1.82) is 0 Å². The van der Waals surface area contributed by atoms with E-state index in [4.69, 9.17) is 34.3 Å². The fourth-order valence-electron chi connectivity index (χ4n) is 11.2. The van der Waals surface area contributed by atoms with E-state index in [0.717, 1.165) is 98.9 Å². The van der Waals surface area contributed by atoms with Gasteiger partial charge in [0, 0.05) is 69.4 Å². The van der Waals surface area contributed by atoms with E-state index in [-0.39, 0.29) is 0 Å². The van der Waals surface area contributed by atoms with Crippen molar-refractivity contribution < 1.29 is 4.42 Å². The maximum atomic E-state index is 6.64. The van der Waals surface area contributed by atoms with Gasteiger partial charge < -0.3 is 4.42 Å². The predicted molar refractivity (Wildman–Crippen MR) is 309 cm³/mol. The highest BCUT2D eigenvalue weighted by Gasteiger charge is 2.24. The molecule has 0 aliphatic rings. The fraction of sp³-hybridized carbons (Fsp3) is 0. The minimum absolute atomic E-state index is 0.524. The Bertz CT molecular complexity index is 4940. The summed E-state index contributed by atoms with van der Waals surface area (Å²) in [6.45, 7) is 0. The predicted octanol–water partition coefficient (Wildman–Crippen LogP) is 16.9. The third-order valence-corrected chi connectivity index (χ3v) is 15.9. The molecule has 10 heteroatoms. The van der Waals surface area contributed by atoms with Gasteiger partial charge in [0.25, 0.3) is 0 Å². The van der Waals surface area contributed by atoms with Gasteiger partial charge in [-0.1, -0.05) is 188 Å². The molecule has 16 rings (SSSR count). The van der Waals surface area contributed by atoms with Crippen LogP contribution in [0.2, 0.25) is 0 Å². The van der Waals surface area contributed by atoms with Gasteiger partial charge in [0.05, 0.1) is 27.5 Å². The molecule has 6 aromatic heterocycles. The van der Waals surface area contributed by atoms with E-state index in [1.54, 1.807) is 0 Å². The number of rotatable bonds is 7. The first-order valence-corrected chi connectivity index (χ1v) is 26.0. The van der Waals surface area contributed by atoms with Gasteiger partial charge in [-0.15, -0.1) is 11.3 Å². The van der Waals surface area contributed by atoms with Crippen LogP contribution in [0.25, 0.3) is 154 Å². The Morgan fingerprint density at radius 1 is 0.303 bits per heavy atom. The first kappa shape index (κ1) is 42.4. The van der Waals surface area contributed by atoms with Gasteiger partial charge in [0.2, 0.25) is 11.9 Å². The molecule has 0 aliphatic heterocycles. The molecule has 0 fully saturated rings. The zero-order chi connectivity index (χ0) is 49.8. The average molecular weight is 991 g/mol. The molecule has 10 aromatic carbocycles. The Hall–Kier alpha value is -10.2. The molecule has 6 heterocycles. The van der Waals surface area contributed by atoms with E-state index in [2.05, 4.69) is 137 Å². The van der Waals surface area contributed by atoms with Crippen LogP contribution >= 0.6 is 11.3 Å². The van der Waals surface area contributed by atoms with E-state index in [1.807, 2.05) is 114 Å². The molecule has 0 aliphatic carbocycles. The lowest BCUT2D eigenvalue weighted by molar-refractivity contribution is 0.673. The summed E-state index contributed by atoms with van der Waals surface area (Å²) in [5.41, 5.74) is 11.5. The molecule has 0 unspecified atom stereocenters. The standard InChI is InChI=1S/C66H38N8OS/c1-4-18-39(19-5-1)61-67-62(40-20-6-2-7-21-40)70-65(69-61)74-52-32-14-11-28-50(52)57-54(74)37-35-48-47-30-17-29-44(59(47)76-60(48)57)42-24-16-25-43(38-42)64-68-63(41-22-8-3-9-23-41)71-66(72-64)73-51-31-13-10-27-49(51)56-53(73)36-34-46-45-26-12-15-33-55(45)75-58(46)56/h1-38H. The van der Waals surface area contributed by atoms with Gasteiger partial charge in [-0.2, -0.15) is 19.9 Å². The van der Waals surface area contributed by atoms with Gasteiger partial charge in [-0.3, -0.25) is 9.13 Å². The molecule has 0 saturated carbocycles. The van der Waals surface area contributed by atoms with E-state index in [0.29, 0.717) is 35.2 Å². The van der Waals surface area contributed by atoms with Crippen LogP contribution < -0.4 is 0 Å². The Kier molecular flexibility index (Phi) is 9.30. The molecule has 0 amide bonds. The smallest absolute Gasteiger partial charge is 0.238 e. The lowest BCUT2D eigenvalue weighted by Gasteiger charge is -2.12. The fourth-order valence-corrected chi connectivity index (χ4v) is 12.6. The van der Waals surface area contributed by atoms with Crippen molar-refractivity contribution in [3.05, 3.63) is 231 Å². The number of aromatic nitrogens is 8. The highest BCUT2D eigenvalue weighted by molar-refractivity contribution is 7.27. The molecule has 16 aromatic rings. The van der Waals surface area contributed by atoms with E-state index >= 15 is 0 Å². The van der Waals surface area contributed by atoms with E-state index in [9.17, 15) is 0 Å². The summed E-state index contributed by atoms with van der Waals surface area (Å²) in [5, 5.41) is 8.92. The highest BCUT2D eigenvalue weighted by atomic mass is 32.1. The SMILES string of the molecule is c1ccc(-c2nc(-c3cccc(-c4cccc5c4sc4c5ccc5c4c4ccccc4n5-c4nc(-c5ccccc5)nc(-c5ccccc5)n4)c3)nc(-n3c4ccccc4c4c5oc6ccccc6c5ccc43)n2)cc1. The topological polar surface area (TPSA) is 100 Å². The molecule has 0 N–H and O–H groups in total. The summed E-state index contributed by atoms with van der Waals surface area (Å²) in [7, 11) is 0. The molecule has 0 spiro atoms. The van der Waals surface area contributed by atoms with Gasteiger partial charge in [-0.25, -0.2) is 9.97 Å². The van der Waals surface area contributed by atoms with Crippen LogP contribution in [0.5, 0.6) is 0 Å². The van der Waals surface area contributed by atoms with Crippen molar-refractivity contribution >= 4 is 97.1 Å². The number of hydrogen-bond donors (Lipinski definition) is 0. The van der Waals surface area contributed by atoms with Crippen LogP contribution in [-0.2, 0) is 0 Å². The number of fused-ring (bicyclic) bond motifs is 14. The van der Waals surface area contributed by atoms with Crippen LogP contribution in [0.15, 0.2) is 235 Å². The second kappa shape index (κ2) is 16.7. The molecular weight excluding hydrogens is 953 g/mol. The van der Waals surface area contributed by atoms with Crippen molar-refractivity contribution in [3.63, 3.8) is 0 Å². The summed E-state index contributed by atoms with van der Waals surface area (Å²) >= 11 is 1.82. The van der Waals surface area contributed by atoms with E-state index < -0.39 is 0 Å². The van der Waals surface area contributed by atoms with Crippen molar-refractivity contribution in [2.24, 2.45) is 0 Å². The van der Waals surface area contributed by atoms with Gasteiger partial charge >= 0.3 is 0 Å². The first-order chi connectivity index (χ1) is 37.7. The van der Waals surface area contributed by atoms with Crippen LogP contribution in [0.4, 0.5) is 0 Å². The van der Waals surface area contributed by atoms with Gasteiger partial charge in [0.15, 0.2) is 23.3 Å². The van der Waals surface area contributed by atoms with Crippen LogP contribution in [0.3, 0.4) is 0 Å². The summed E-state index contributed by atoms with van der Waals surface area (Å²) in [4.78, 5) is 31.2. The van der Waals surface area contributed by atoms with Crippen molar-refractivity contribution in [2.75, 3.05) is 0 Å².